The molecule has 148 valence electrons. The van der Waals surface area contributed by atoms with Crippen molar-refractivity contribution in [2.45, 2.75) is 13.3 Å². The number of benzene rings is 3. The number of rotatable bonds is 5. The Morgan fingerprint density at radius 1 is 0.933 bits per heavy atom. The number of anilines is 1. The second kappa shape index (κ2) is 8.17. The van der Waals surface area contributed by atoms with Gasteiger partial charge in [0.2, 0.25) is 5.91 Å². The van der Waals surface area contributed by atoms with Gasteiger partial charge < -0.3 is 11.1 Å². The number of hydrogen-bond acceptors (Lipinski definition) is 3. The lowest BCUT2D eigenvalue weighted by molar-refractivity contribution is -0.117. The van der Waals surface area contributed by atoms with Crippen molar-refractivity contribution in [1.82, 2.24) is 4.98 Å². The van der Waals surface area contributed by atoms with Crippen molar-refractivity contribution in [3.63, 3.8) is 0 Å². The first-order chi connectivity index (χ1) is 14.5. The highest BCUT2D eigenvalue weighted by atomic mass is 16.2. The summed E-state index contributed by atoms with van der Waals surface area (Å²) >= 11 is 0. The van der Waals surface area contributed by atoms with Crippen molar-refractivity contribution in [2.75, 3.05) is 5.32 Å². The number of nitrogens with two attached hydrogens (primary N) is 1. The van der Waals surface area contributed by atoms with Crippen LogP contribution in [-0.4, -0.2) is 16.8 Å². The van der Waals surface area contributed by atoms with Crippen molar-refractivity contribution in [3.8, 4) is 11.3 Å². The molecule has 3 N–H and O–H groups in total. The summed E-state index contributed by atoms with van der Waals surface area (Å²) in [4.78, 5) is 29.4. The Balaban J connectivity index is 1.77. The van der Waals surface area contributed by atoms with E-state index in [1.165, 1.54) is 0 Å². The molecule has 3 aromatic carbocycles. The molecule has 0 saturated carbocycles. The highest BCUT2D eigenvalue weighted by Crippen LogP contribution is 2.26. The van der Waals surface area contributed by atoms with Crippen LogP contribution in [0.15, 0.2) is 78.9 Å². The van der Waals surface area contributed by atoms with Gasteiger partial charge in [-0.3, -0.25) is 9.59 Å². The quantitative estimate of drug-likeness (QED) is 0.522. The number of pyridine rings is 1. The number of aryl methyl sites for hydroxylation is 1. The summed E-state index contributed by atoms with van der Waals surface area (Å²) in [6.45, 7) is 2.03. The number of hydrogen-bond donors (Lipinski definition) is 2. The van der Waals surface area contributed by atoms with E-state index in [1.54, 1.807) is 18.2 Å². The van der Waals surface area contributed by atoms with Gasteiger partial charge in [0.1, 0.15) is 0 Å². The average Bonchev–Trinajstić information content (AvgIpc) is 2.74. The molecule has 0 radical (unpaired) electrons. The van der Waals surface area contributed by atoms with Crippen LogP contribution >= 0.6 is 0 Å². The third-order valence-electron chi connectivity index (χ3n) is 4.94. The van der Waals surface area contributed by atoms with Gasteiger partial charge in [-0.15, -0.1) is 0 Å². The molecule has 0 aliphatic heterocycles. The lowest BCUT2D eigenvalue weighted by Gasteiger charge is -2.13. The highest BCUT2D eigenvalue weighted by Gasteiger charge is 2.16. The van der Waals surface area contributed by atoms with Gasteiger partial charge in [-0.05, 0) is 30.7 Å². The first-order valence-corrected chi connectivity index (χ1v) is 9.65. The maximum Gasteiger partial charge on any atom is 0.256 e. The molecule has 4 rings (SSSR count). The minimum atomic E-state index is -0.451. The zero-order valence-electron chi connectivity index (χ0n) is 16.6. The molecule has 0 fully saturated rings. The first-order valence-electron chi connectivity index (χ1n) is 9.65. The molecular weight excluding hydrogens is 374 g/mol. The highest BCUT2D eigenvalue weighted by molar-refractivity contribution is 6.13. The third-order valence-corrected chi connectivity index (χ3v) is 4.94. The largest absolute Gasteiger partial charge is 0.369 e. The molecule has 4 aromatic rings. The summed E-state index contributed by atoms with van der Waals surface area (Å²) in [5, 5.41) is 3.70. The van der Waals surface area contributed by atoms with Crippen molar-refractivity contribution < 1.29 is 9.59 Å². The molecule has 0 atom stereocenters. The standard InChI is InChI=1S/C25H21N3O2/c1-16-10-12-17(13-11-16)23-15-20(19-7-3-5-9-22(19)27-23)25(30)28-21-8-4-2-6-18(21)14-24(26)29/h2-13,15H,14H2,1H3,(H2,26,29)(H,28,30). The Hall–Kier alpha value is -3.99. The predicted molar refractivity (Wildman–Crippen MR) is 119 cm³/mol. The number of para-hydroxylation sites is 2. The van der Waals surface area contributed by atoms with E-state index in [0.717, 1.165) is 27.7 Å². The zero-order valence-corrected chi connectivity index (χ0v) is 16.6. The minimum Gasteiger partial charge on any atom is -0.369 e. The molecule has 2 amide bonds. The number of nitrogens with one attached hydrogen (secondary N) is 1. The van der Waals surface area contributed by atoms with E-state index in [2.05, 4.69) is 5.32 Å². The van der Waals surface area contributed by atoms with Gasteiger partial charge in [-0.25, -0.2) is 4.98 Å². The topological polar surface area (TPSA) is 85.1 Å². The lowest BCUT2D eigenvalue weighted by Crippen LogP contribution is -2.18. The monoisotopic (exact) mass is 395 g/mol. The summed E-state index contributed by atoms with van der Waals surface area (Å²) in [6, 6.07) is 24.6. The summed E-state index contributed by atoms with van der Waals surface area (Å²) < 4.78 is 0. The zero-order chi connectivity index (χ0) is 21.1. The van der Waals surface area contributed by atoms with E-state index in [4.69, 9.17) is 10.7 Å². The first kappa shape index (κ1) is 19.3. The van der Waals surface area contributed by atoms with Gasteiger partial charge in [0, 0.05) is 16.6 Å². The fraction of sp³-hybridized carbons (Fsp3) is 0.0800. The van der Waals surface area contributed by atoms with Gasteiger partial charge in [-0.2, -0.15) is 0 Å². The van der Waals surface area contributed by atoms with E-state index < -0.39 is 5.91 Å². The number of fused-ring (bicyclic) bond motifs is 1. The van der Waals surface area contributed by atoms with Gasteiger partial charge in [0.25, 0.3) is 5.91 Å². The third kappa shape index (κ3) is 4.05. The van der Waals surface area contributed by atoms with Crippen LogP contribution in [0.3, 0.4) is 0 Å². The molecule has 0 aliphatic rings. The van der Waals surface area contributed by atoms with Crippen molar-refractivity contribution in [3.05, 3.63) is 95.6 Å². The molecule has 0 unspecified atom stereocenters. The smallest absolute Gasteiger partial charge is 0.256 e. The number of nitrogens with zero attached hydrogens (tertiary/aromatic N) is 1. The molecule has 0 bridgehead atoms. The van der Waals surface area contributed by atoms with E-state index >= 15 is 0 Å². The van der Waals surface area contributed by atoms with Crippen LogP contribution in [0.2, 0.25) is 0 Å². The SMILES string of the molecule is Cc1ccc(-c2cc(C(=O)Nc3ccccc3CC(N)=O)c3ccccc3n2)cc1. The van der Waals surface area contributed by atoms with Crippen LogP contribution < -0.4 is 11.1 Å². The van der Waals surface area contributed by atoms with Crippen LogP contribution in [0.25, 0.3) is 22.2 Å². The van der Waals surface area contributed by atoms with Crippen LogP contribution in [0, 0.1) is 6.92 Å². The summed E-state index contributed by atoms with van der Waals surface area (Å²) in [5.74, 6) is -0.716. The number of amides is 2. The Labute approximate surface area is 174 Å². The second-order valence-electron chi connectivity index (χ2n) is 7.19. The molecular formula is C25H21N3O2. The predicted octanol–water partition coefficient (Wildman–Crippen LogP) is 4.49. The second-order valence-corrected chi connectivity index (χ2v) is 7.19. The molecule has 0 saturated heterocycles. The Morgan fingerprint density at radius 2 is 1.63 bits per heavy atom. The molecule has 0 aliphatic carbocycles. The van der Waals surface area contributed by atoms with Crippen LogP contribution in [0.1, 0.15) is 21.5 Å². The number of primary amides is 1. The molecule has 0 spiro atoms. The Kier molecular flexibility index (Phi) is 5.26. The lowest BCUT2D eigenvalue weighted by atomic mass is 10.0. The average molecular weight is 395 g/mol. The van der Waals surface area contributed by atoms with Crippen molar-refractivity contribution >= 4 is 28.4 Å². The molecule has 30 heavy (non-hydrogen) atoms. The van der Waals surface area contributed by atoms with E-state index in [9.17, 15) is 9.59 Å². The minimum absolute atomic E-state index is 0.0577. The van der Waals surface area contributed by atoms with Gasteiger partial charge >= 0.3 is 0 Å². The summed E-state index contributed by atoms with van der Waals surface area (Å²) in [7, 11) is 0. The van der Waals surface area contributed by atoms with Crippen LogP contribution in [0.4, 0.5) is 5.69 Å². The van der Waals surface area contributed by atoms with E-state index in [1.807, 2.05) is 67.6 Å². The molecule has 5 heteroatoms. The van der Waals surface area contributed by atoms with Gasteiger partial charge in [0.05, 0.1) is 23.2 Å². The molecule has 1 aromatic heterocycles. The van der Waals surface area contributed by atoms with Gasteiger partial charge in [0.15, 0.2) is 0 Å². The maximum absolute atomic E-state index is 13.2. The molecule has 5 nitrogen and oxygen atoms in total. The summed E-state index contributed by atoms with van der Waals surface area (Å²) in [6.07, 6.45) is 0.0577. The summed E-state index contributed by atoms with van der Waals surface area (Å²) in [5.41, 5.74) is 10.7. The maximum atomic E-state index is 13.2. The fourth-order valence-electron chi connectivity index (χ4n) is 3.41. The molecule has 1 heterocycles. The van der Waals surface area contributed by atoms with Crippen LogP contribution in [-0.2, 0) is 11.2 Å². The Morgan fingerprint density at radius 3 is 2.40 bits per heavy atom. The van der Waals surface area contributed by atoms with Crippen LogP contribution in [0.5, 0.6) is 0 Å². The van der Waals surface area contributed by atoms with Gasteiger partial charge in [-0.1, -0.05) is 66.2 Å². The van der Waals surface area contributed by atoms with Crippen molar-refractivity contribution in [2.24, 2.45) is 5.73 Å². The van der Waals surface area contributed by atoms with Crippen molar-refractivity contribution in [1.29, 1.82) is 0 Å². The Bertz CT molecular complexity index is 1250. The number of carbonyl (C=O) groups is 2. The van der Waals surface area contributed by atoms with E-state index in [0.29, 0.717) is 16.8 Å². The number of aromatic nitrogens is 1. The number of carbonyl (C=O) groups excluding carboxylic acids is 2. The normalized spacial score (nSPS) is 10.7. The van der Waals surface area contributed by atoms with E-state index in [-0.39, 0.29) is 12.3 Å². The fourth-order valence-corrected chi connectivity index (χ4v) is 3.41.